The zero-order valence-electron chi connectivity index (χ0n) is 12.6. The average molecular weight is 427 g/mol. The predicted molar refractivity (Wildman–Crippen MR) is 79.8 cm³/mol. The quantitative estimate of drug-likeness (QED) is 0.203. The van der Waals surface area contributed by atoms with Crippen LogP contribution in [0.25, 0.3) is 0 Å². The Hall–Kier alpha value is -0.976. The summed E-state index contributed by atoms with van der Waals surface area (Å²) < 4.78 is 78.0. The molecule has 0 aromatic heterocycles. The maximum absolute atomic E-state index is 9.75. The number of nitrogens with zero attached hydrogens (tertiary/aromatic N) is 1. The molecule has 138 valence electrons. The number of alkyl halides is 1. The molecule has 2 aliphatic rings. The summed E-state index contributed by atoms with van der Waals surface area (Å²) in [5.41, 5.74) is 0. The monoisotopic (exact) mass is 427 g/mol. The SMILES string of the molecule is F[B-](F)(F)F.F[B-](F)(F)F.N#CCCl.[C-]1=CC=CC1.[C-]1=CC=CC1.[Ti+4]. The van der Waals surface area contributed by atoms with Crippen LogP contribution in [0, 0.1) is 23.5 Å². The van der Waals surface area contributed by atoms with Gasteiger partial charge < -0.3 is 34.5 Å². The van der Waals surface area contributed by atoms with Gasteiger partial charge in [-0.15, -0.1) is 24.4 Å². The summed E-state index contributed by atoms with van der Waals surface area (Å²) in [6.45, 7) is 0. The molecule has 0 amide bonds. The number of rotatable bonds is 0. The van der Waals surface area contributed by atoms with Crippen molar-refractivity contribution >= 4 is 26.1 Å². The summed E-state index contributed by atoms with van der Waals surface area (Å²) in [5.74, 6) is 0.0972. The van der Waals surface area contributed by atoms with E-state index in [4.69, 9.17) is 16.9 Å². The normalized spacial score (nSPS) is 12.6. The van der Waals surface area contributed by atoms with E-state index in [-0.39, 0.29) is 27.6 Å². The fourth-order valence-electron chi connectivity index (χ4n) is 0.680. The van der Waals surface area contributed by atoms with Gasteiger partial charge in [0.05, 0.1) is 6.07 Å². The first-order chi connectivity index (χ1) is 10.9. The van der Waals surface area contributed by atoms with E-state index in [0.29, 0.717) is 0 Å². The average Bonchev–Trinajstić information content (AvgIpc) is 3.11. The molecule has 0 saturated carbocycles. The van der Waals surface area contributed by atoms with Gasteiger partial charge in [-0.1, -0.05) is 0 Å². The Morgan fingerprint density at radius 1 is 0.840 bits per heavy atom. The smallest absolute Gasteiger partial charge is 0.418 e. The van der Waals surface area contributed by atoms with Crippen LogP contribution in [0.5, 0.6) is 0 Å². The minimum Gasteiger partial charge on any atom is -0.418 e. The molecule has 13 heteroatoms. The molecular formula is C12H12B2ClF8NTi. The number of nitriles is 1. The van der Waals surface area contributed by atoms with Crippen LogP contribution >= 0.6 is 11.6 Å². The summed E-state index contributed by atoms with van der Waals surface area (Å²) >= 11 is 4.82. The Balaban J connectivity index is -0.000000109. The summed E-state index contributed by atoms with van der Waals surface area (Å²) in [6.07, 6.45) is 20.0. The predicted octanol–water partition coefficient (Wildman–Crippen LogP) is 5.96. The van der Waals surface area contributed by atoms with Gasteiger partial charge in [-0.05, 0) is 0 Å². The molecular weight excluding hydrogens is 415 g/mol. The van der Waals surface area contributed by atoms with Crippen LogP contribution in [0.3, 0.4) is 0 Å². The third-order valence-corrected chi connectivity index (χ3v) is 1.35. The fourth-order valence-corrected chi connectivity index (χ4v) is 0.680. The number of halogens is 9. The second-order valence-electron chi connectivity index (χ2n) is 3.29. The van der Waals surface area contributed by atoms with Gasteiger partial charge in [0.15, 0.2) is 0 Å². The standard InChI is InChI=1S/2C5H5.C2H2ClN.2BF4.Ti/c2*1-2-4-5-3-1;3-1-2-4;2*2-1(3,4)5;/h2*1-3H,4H2;1H2;;;/q2*-1;;2*-1;+4. The molecule has 2 rings (SSSR count). The molecule has 2 aliphatic carbocycles. The van der Waals surface area contributed by atoms with Crippen molar-refractivity contribution in [3.63, 3.8) is 0 Å². The minimum atomic E-state index is -6.00. The van der Waals surface area contributed by atoms with E-state index >= 15 is 0 Å². The molecule has 0 aliphatic heterocycles. The molecule has 0 heterocycles. The molecule has 0 N–H and O–H groups in total. The largest absolute Gasteiger partial charge is 4.00 e. The van der Waals surface area contributed by atoms with Crippen molar-refractivity contribution in [2.45, 2.75) is 12.8 Å². The number of allylic oxidation sites excluding steroid dienone is 8. The topological polar surface area (TPSA) is 23.8 Å². The van der Waals surface area contributed by atoms with Crippen molar-refractivity contribution in [1.82, 2.24) is 0 Å². The van der Waals surface area contributed by atoms with E-state index in [1.54, 1.807) is 6.07 Å². The van der Waals surface area contributed by atoms with E-state index in [2.05, 4.69) is 24.3 Å². The van der Waals surface area contributed by atoms with Crippen molar-refractivity contribution in [2.24, 2.45) is 0 Å². The fraction of sp³-hybridized carbons (Fsp3) is 0.250. The van der Waals surface area contributed by atoms with Gasteiger partial charge in [0, 0.05) is 0 Å². The molecule has 0 spiro atoms. The number of hydrogen-bond acceptors (Lipinski definition) is 1. The van der Waals surface area contributed by atoms with Gasteiger partial charge in [0.2, 0.25) is 0 Å². The summed E-state index contributed by atoms with van der Waals surface area (Å²) in [4.78, 5) is 0. The Morgan fingerprint density at radius 2 is 1.08 bits per heavy atom. The zero-order chi connectivity index (χ0) is 19.5. The van der Waals surface area contributed by atoms with Gasteiger partial charge in [0.25, 0.3) is 0 Å². The zero-order valence-corrected chi connectivity index (χ0v) is 14.9. The molecule has 0 aromatic rings. The Morgan fingerprint density at radius 3 is 1.12 bits per heavy atom. The second-order valence-corrected chi connectivity index (χ2v) is 3.55. The molecule has 0 atom stereocenters. The van der Waals surface area contributed by atoms with Crippen molar-refractivity contribution in [3.8, 4) is 6.07 Å². The van der Waals surface area contributed by atoms with Gasteiger partial charge >= 0.3 is 36.2 Å². The molecule has 25 heavy (non-hydrogen) atoms. The van der Waals surface area contributed by atoms with E-state index in [0.717, 1.165) is 12.8 Å². The van der Waals surface area contributed by atoms with Crippen LogP contribution in [0.4, 0.5) is 34.5 Å². The van der Waals surface area contributed by atoms with Gasteiger partial charge in [-0.2, -0.15) is 17.4 Å². The van der Waals surface area contributed by atoms with Gasteiger partial charge in [0.1, 0.15) is 5.88 Å². The minimum absolute atomic E-state index is 0. The Bertz CT molecular complexity index is 376. The summed E-state index contributed by atoms with van der Waals surface area (Å²) in [6, 6.07) is 1.70. The van der Waals surface area contributed by atoms with Crippen molar-refractivity contribution < 1.29 is 56.2 Å². The molecule has 0 fully saturated rings. The molecule has 0 saturated heterocycles. The van der Waals surface area contributed by atoms with Crippen LogP contribution in [0.2, 0.25) is 0 Å². The second kappa shape index (κ2) is 21.1. The Labute approximate surface area is 161 Å². The first-order valence-electron chi connectivity index (χ1n) is 6.02. The van der Waals surface area contributed by atoms with Crippen molar-refractivity contribution in [2.75, 3.05) is 5.88 Å². The van der Waals surface area contributed by atoms with E-state index in [9.17, 15) is 34.5 Å². The molecule has 1 nitrogen and oxygen atoms in total. The summed E-state index contributed by atoms with van der Waals surface area (Å²) in [5, 5.41) is 7.49. The maximum Gasteiger partial charge on any atom is 4.00 e. The van der Waals surface area contributed by atoms with Crippen molar-refractivity contribution in [1.29, 1.82) is 5.26 Å². The maximum atomic E-state index is 9.75. The molecule has 0 aromatic carbocycles. The van der Waals surface area contributed by atoms with Crippen LogP contribution in [-0.2, 0) is 21.7 Å². The Kier molecular flexibility index (Phi) is 26.8. The first kappa shape index (κ1) is 31.8. The summed E-state index contributed by atoms with van der Waals surface area (Å²) in [7, 11) is -12.0. The third-order valence-electron chi connectivity index (χ3n) is 1.23. The van der Waals surface area contributed by atoms with E-state index in [1.807, 2.05) is 24.3 Å². The van der Waals surface area contributed by atoms with E-state index < -0.39 is 14.5 Å². The third kappa shape index (κ3) is 101. The molecule has 0 radical (unpaired) electrons. The molecule has 0 unspecified atom stereocenters. The van der Waals surface area contributed by atoms with Crippen LogP contribution < -0.4 is 0 Å². The first-order valence-corrected chi connectivity index (χ1v) is 6.56. The number of hydrogen-bond donors (Lipinski definition) is 0. The van der Waals surface area contributed by atoms with Crippen LogP contribution in [-0.4, -0.2) is 20.4 Å². The van der Waals surface area contributed by atoms with Gasteiger partial charge in [-0.3, -0.25) is 12.2 Å². The van der Waals surface area contributed by atoms with E-state index in [1.165, 1.54) is 0 Å². The molecule has 0 bridgehead atoms. The van der Waals surface area contributed by atoms with Crippen LogP contribution in [0.1, 0.15) is 12.8 Å². The van der Waals surface area contributed by atoms with Gasteiger partial charge in [-0.25, -0.2) is 24.3 Å². The van der Waals surface area contributed by atoms with Crippen molar-refractivity contribution in [3.05, 3.63) is 48.6 Å². The van der Waals surface area contributed by atoms with Crippen LogP contribution in [0.15, 0.2) is 36.5 Å².